The van der Waals surface area contributed by atoms with Gasteiger partial charge in [0.15, 0.2) is 0 Å². The Labute approximate surface area is 80.3 Å². The highest BCUT2D eigenvalue weighted by Crippen LogP contribution is 1.85. The first-order valence-electron chi connectivity index (χ1n) is 4.87. The van der Waals surface area contributed by atoms with Crippen molar-refractivity contribution in [3.05, 3.63) is 0 Å². The highest BCUT2D eigenvalue weighted by atomic mass is 16.3. The molecule has 0 heterocycles. The van der Waals surface area contributed by atoms with Crippen LogP contribution in [-0.2, 0) is 0 Å². The van der Waals surface area contributed by atoms with Crippen molar-refractivity contribution in [1.82, 2.24) is 10.6 Å². The van der Waals surface area contributed by atoms with Crippen LogP contribution in [0.4, 0.5) is 0 Å². The van der Waals surface area contributed by atoms with Gasteiger partial charge in [0.2, 0.25) is 0 Å². The molecular formula is C9H22N2O2. The Kier molecular flexibility index (Phi) is 8.33. The Morgan fingerprint density at radius 2 is 1.62 bits per heavy atom. The number of rotatable bonds is 8. The molecule has 0 amide bonds. The molecular weight excluding hydrogens is 168 g/mol. The molecule has 0 saturated heterocycles. The minimum atomic E-state index is -0.634. The van der Waals surface area contributed by atoms with Crippen molar-refractivity contribution in [1.29, 1.82) is 0 Å². The van der Waals surface area contributed by atoms with Crippen molar-refractivity contribution in [2.75, 3.05) is 32.8 Å². The molecule has 4 N–H and O–H groups in total. The molecule has 0 spiro atoms. The summed E-state index contributed by atoms with van der Waals surface area (Å²) in [5.74, 6) is 0.669. The molecule has 0 aromatic rings. The lowest BCUT2D eigenvalue weighted by molar-refractivity contribution is 0.0947. The molecule has 0 aromatic carbocycles. The minimum absolute atomic E-state index is 0.174. The highest BCUT2D eigenvalue weighted by molar-refractivity contribution is 4.59. The maximum absolute atomic E-state index is 8.97. The number of aliphatic hydroxyl groups excluding tert-OH is 2. The zero-order valence-corrected chi connectivity index (χ0v) is 8.58. The van der Waals surface area contributed by atoms with Crippen molar-refractivity contribution < 1.29 is 10.2 Å². The van der Waals surface area contributed by atoms with Crippen LogP contribution in [0.1, 0.15) is 13.8 Å². The third-order valence-corrected chi connectivity index (χ3v) is 1.62. The van der Waals surface area contributed by atoms with Gasteiger partial charge in [-0.05, 0) is 12.5 Å². The van der Waals surface area contributed by atoms with Crippen molar-refractivity contribution >= 4 is 0 Å². The van der Waals surface area contributed by atoms with E-state index in [0.29, 0.717) is 12.5 Å². The Morgan fingerprint density at radius 1 is 1.08 bits per heavy atom. The first kappa shape index (κ1) is 12.8. The van der Waals surface area contributed by atoms with E-state index in [4.69, 9.17) is 10.2 Å². The summed E-state index contributed by atoms with van der Waals surface area (Å²) in [4.78, 5) is 0. The van der Waals surface area contributed by atoms with E-state index in [1.807, 2.05) is 0 Å². The smallest absolute Gasteiger partial charge is 0.0894 e. The fourth-order valence-corrected chi connectivity index (χ4v) is 0.901. The zero-order valence-electron chi connectivity index (χ0n) is 8.58. The second-order valence-corrected chi connectivity index (χ2v) is 3.64. The average molecular weight is 190 g/mol. The minimum Gasteiger partial charge on any atom is -0.394 e. The molecule has 0 radical (unpaired) electrons. The molecule has 80 valence electrons. The molecule has 4 nitrogen and oxygen atoms in total. The molecule has 0 fully saturated rings. The lowest BCUT2D eigenvalue weighted by atomic mass is 10.2. The molecule has 1 atom stereocenters. The number of nitrogens with one attached hydrogen (secondary N) is 2. The maximum Gasteiger partial charge on any atom is 0.0894 e. The summed E-state index contributed by atoms with van der Waals surface area (Å²) in [5, 5.41) is 23.8. The molecule has 1 unspecified atom stereocenters. The summed E-state index contributed by atoms with van der Waals surface area (Å²) in [7, 11) is 0. The van der Waals surface area contributed by atoms with E-state index in [1.54, 1.807) is 0 Å². The topological polar surface area (TPSA) is 64.5 Å². The molecule has 0 aliphatic carbocycles. The first-order valence-corrected chi connectivity index (χ1v) is 4.87. The standard InChI is InChI=1S/C9H22N2O2/c1-8(2)5-10-3-4-11-6-9(13)7-12/h8-13H,3-7H2,1-2H3. The van der Waals surface area contributed by atoms with Crippen LogP contribution >= 0.6 is 0 Å². The van der Waals surface area contributed by atoms with Gasteiger partial charge >= 0.3 is 0 Å². The van der Waals surface area contributed by atoms with Crippen molar-refractivity contribution in [3.63, 3.8) is 0 Å². The summed E-state index contributed by atoms with van der Waals surface area (Å²) in [6.07, 6.45) is -0.634. The van der Waals surface area contributed by atoms with E-state index in [9.17, 15) is 0 Å². The normalized spacial score (nSPS) is 13.6. The van der Waals surface area contributed by atoms with Crippen molar-refractivity contribution in [2.24, 2.45) is 5.92 Å². The molecule has 0 aromatic heterocycles. The summed E-state index contributed by atoms with van der Waals surface area (Å²) in [5.41, 5.74) is 0. The van der Waals surface area contributed by atoms with E-state index in [2.05, 4.69) is 24.5 Å². The number of hydrogen-bond acceptors (Lipinski definition) is 4. The molecule has 0 aliphatic rings. The van der Waals surface area contributed by atoms with Gasteiger partial charge in [0.05, 0.1) is 12.7 Å². The van der Waals surface area contributed by atoms with E-state index in [0.717, 1.165) is 19.6 Å². The predicted octanol–water partition coefficient (Wildman–Crippen LogP) is -0.825. The van der Waals surface area contributed by atoms with Gasteiger partial charge in [0.1, 0.15) is 0 Å². The lowest BCUT2D eigenvalue weighted by Gasteiger charge is -2.10. The number of hydrogen-bond donors (Lipinski definition) is 4. The molecule has 0 saturated carbocycles. The summed E-state index contributed by atoms with van der Waals surface area (Å²) >= 11 is 0. The summed E-state index contributed by atoms with van der Waals surface area (Å²) < 4.78 is 0. The molecule has 13 heavy (non-hydrogen) atoms. The quantitative estimate of drug-likeness (QED) is 0.377. The van der Waals surface area contributed by atoms with Crippen LogP contribution in [0.3, 0.4) is 0 Å². The molecule has 0 aliphatic heterocycles. The van der Waals surface area contributed by atoms with Gasteiger partial charge < -0.3 is 20.8 Å². The molecule has 4 heteroatoms. The predicted molar refractivity (Wildman–Crippen MR) is 53.7 cm³/mol. The average Bonchev–Trinajstić information content (AvgIpc) is 2.10. The Balaban J connectivity index is 2.99. The van der Waals surface area contributed by atoms with Crippen LogP contribution in [0, 0.1) is 5.92 Å². The Hall–Kier alpha value is -0.160. The van der Waals surface area contributed by atoms with Crippen LogP contribution in [0.25, 0.3) is 0 Å². The second-order valence-electron chi connectivity index (χ2n) is 3.64. The largest absolute Gasteiger partial charge is 0.394 e. The Morgan fingerprint density at radius 3 is 2.08 bits per heavy atom. The molecule has 0 rings (SSSR count). The van der Waals surface area contributed by atoms with Gasteiger partial charge in [-0.1, -0.05) is 13.8 Å². The van der Waals surface area contributed by atoms with Crippen LogP contribution in [0.2, 0.25) is 0 Å². The fraction of sp³-hybridized carbons (Fsp3) is 1.00. The Bertz CT molecular complexity index is 110. The zero-order chi connectivity index (χ0) is 10.1. The van der Waals surface area contributed by atoms with Gasteiger partial charge in [0, 0.05) is 19.6 Å². The van der Waals surface area contributed by atoms with Crippen LogP contribution in [-0.4, -0.2) is 49.1 Å². The highest BCUT2D eigenvalue weighted by Gasteiger charge is 1.99. The number of aliphatic hydroxyl groups is 2. The van der Waals surface area contributed by atoms with E-state index in [-0.39, 0.29) is 6.61 Å². The van der Waals surface area contributed by atoms with Gasteiger partial charge in [-0.2, -0.15) is 0 Å². The van der Waals surface area contributed by atoms with Crippen LogP contribution in [0.15, 0.2) is 0 Å². The van der Waals surface area contributed by atoms with Crippen LogP contribution in [0.5, 0.6) is 0 Å². The van der Waals surface area contributed by atoms with Gasteiger partial charge in [-0.15, -0.1) is 0 Å². The summed E-state index contributed by atoms with van der Waals surface area (Å²) in [6.45, 7) is 7.35. The van der Waals surface area contributed by atoms with Crippen molar-refractivity contribution in [3.8, 4) is 0 Å². The summed E-state index contributed by atoms with van der Waals surface area (Å²) in [6, 6.07) is 0. The van der Waals surface area contributed by atoms with Crippen LogP contribution < -0.4 is 10.6 Å². The van der Waals surface area contributed by atoms with Gasteiger partial charge in [0.25, 0.3) is 0 Å². The van der Waals surface area contributed by atoms with Gasteiger partial charge in [-0.25, -0.2) is 0 Å². The fourth-order valence-electron chi connectivity index (χ4n) is 0.901. The first-order chi connectivity index (χ1) is 6.16. The van der Waals surface area contributed by atoms with E-state index in [1.165, 1.54) is 0 Å². The second kappa shape index (κ2) is 8.44. The van der Waals surface area contributed by atoms with E-state index >= 15 is 0 Å². The van der Waals surface area contributed by atoms with Crippen molar-refractivity contribution in [2.45, 2.75) is 20.0 Å². The lowest BCUT2D eigenvalue weighted by Crippen LogP contribution is -2.35. The SMILES string of the molecule is CC(C)CNCCNCC(O)CO. The third-order valence-electron chi connectivity index (χ3n) is 1.62. The monoisotopic (exact) mass is 190 g/mol. The van der Waals surface area contributed by atoms with E-state index < -0.39 is 6.10 Å². The van der Waals surface area contributed by atoms with Gasteiger partial charge in [-0.3, -0.25) is 0 Å². The third kappa shape index (κ3) is 9.76. The molecule has 0 bridgehead atoms. The maximum atomic E-state index is 8.97.